The van der Waals surface area contributed by atoms with Gasteiger partial charge >= 0.3 is 0 Å². The maximum Gasteiger partial charge on any atom is 0.225 e. The van der Waals surface area contributed by atoms with Crippen LogP contribution in [0.5, 0.6) is 0 Å². The van der Waals surface area contributed by atoms with Crippen LogP contribution in [-0.2, 0) is 23.3 Å². The van der Waals surface area contributed by atoms with E-state index in [0.29, 0.717) is 6.61 Å². The Morgan fingerprint density at radius 1 is 1.11 bits per heavy atom. The maximum atomic E-state index is 12.5. The molecule has 0 aliphatic carbocycles. The molecule has 0 radical (unpaired) electrons. The topological polar surface area (TPSA) is 57.2 Å². The van der Waals surface area contributed by atoms with Crippen LogP contribution in [0, 0.1) is 0 Å². The molecule has 0 aromatic heterocycles. The first-order valence-corrected chi connectivity index (χ1v) is 12.9. The van der Waals surface area contributed by atoms with Crippen molar-refractivity contribution in [3.63, 3.8) is 0 Å². The zero-order valence-corrected chi connectivity index (χ0v) is 19.0. The van der Waals surface area contributed by atoms with Crippen LogP contribution in [0.25, 0.3) is 0 Å². The highest BCUT2D eigenvalue weighted by atomic mass is 31.2. The van der Waals surface area contributed by atoms with Crippen LogP contribution in [0.1, 0.15) is 66.7 Å². The predicted molar refractivity (Wildman–Crippen MR) is 109 cm³/mol. The number of likely N-dealkylation sites (tertiary alicyclic amines) is 1. The first-order chi connectivity index (χ1) is 12.7. The van der Waals surface area contributed by atoms with Crippen LogP contribution in [0.2, 0.25) is 0 Å². The van der Waals surface area contributed by atoms with Gasteiger partial charge in [0.1, 0.15) is 18.6 Å². The SMILES string of the molecule is CCCCCCCN1C[C@H](OCP(C)(=O)OCC)[C@H]2OC(C)(C)O[C@H]2[C@H]1C. The Kier molecular flexibility index (Phi) is 8.79. The summed E-state index contributed by atoms with van der Waals surface area (Å²) in [6, 6.07) is 0.281. The van der Waals surface area contributed by atoms with E-state index in [0.717, 1.165) is 13.1 Å². The zero-order chi connectivity index (χ0) is 20.1. The number of fused-ring (bicyclic) bond motifs is 1. The van der Waals surface area contributed by atoms with Crippen molar-refractivity contribution in [1.82, 2.24) is 4.90 Å². The normalized spacial score (nSPS) is 33.0. The summed E-state index contributed by atoms with van der Waals surface area (Å²) in [4.78, 5) is 2.45. The molecule has 2 fully saturated rings. The Hall–Kier alpha value is 0.0300. The van der Waals surface area contributed by atoms with Crippen LogP contribution in [-0.4, -0.2) is 67.7 Å². The standard InChI is InChI=1S/C20H40NO5P/c1-7-9-10-11-12-13-21-14-17(23-15-27(6,22)24-8-2)19-18(16(21)3)25-20(4,5)26-19/h16-19H,7-15H2,1-6H3/t16-,17+,18+,19-,27?/m1/s1. The van der Waals surface area contributed by atoms with Gasteiger partial charge in [-0.05, 0) is 40.7 Å². The molecule has 160 valence electrons. The van der Waals surface area contributed by atoms with E-state index in [-0.39, 0.29) is 30.7 Å². The summed E-state index contributed by atoms with van der Waals surface area (Å²) in [6.45, 7) is 14.1. The molecule has 27 heavy (non-hydrogen) atoms. The Morgan fingerprint density at radius 3 is 2.44 bits per heavy atom. The number of hydrogen-bond acceptors (Lipinski definition) is 6. The summed E-state index contributed by atoms with van der Waals surface area (Å²) in [5.41, 5.74) is 0. The van der Waals surface area contributed by atoms with E-state index in [1.165, 1.54) is 32.1 Å². The fourth-order valence-corrected chi connectivity index (χ4v) is 5.17. The third-order valence-electron chi connectivity index (χ3n) is 5.47. The van der Waals surface area contributed by atoms with Gasteiger partial charge in [-0.3, -0.25) is 9.46 Å². The van der Waals surface area contributed by atoms with Gasteiger partial charge in [-0.15, -0.1) is 0 Å². The third kappa shape index (κ3) is 6.80. The van der Waals surface area contributed by atoms with E-state index >= 15 is 0 Å². The fourth-order valence-electron chi connectivity index (χ4n) is 4.09. The number of piperidine rings is 1. The van der Waals surface area contributed by atoms with Crippen LogP contribution in [0.3, 0.4) is 0 Å². The molecule has 2 rings (SSSR count). The summed E-state index contributed by atoms with van der Waals surface area (Å²) in [5, 5.41) is 0. The number of hydrogen-bond donors (Lipinski definition) is 0. The smallest absolute Gasteiger partial charge is 0.225 e. The van der Waals surface area contributed by atoms with Crippen LogP contribution in [0.4, 0.5) is 0 Å². The lowest BCUT2D eigenvalue weighted by Gasteiger charge is -2.43. The molecule has 2 saturated heterocycles. The van der Waals surface area contributed by atoms with E-state index in [1.54, 1.807) is 6.66 Å². The summed E-state index contributed by atoms with van der Waals surface area (Å²) >= 11 is 0. The van der Waals surface area contributed by atoms with E-state index in [4.69, 9.17) is 18.7 Å². The summed E-state index contributed by atoms with van der Waals surface area (Å²) in [7, 11) is -2.73. The number of nitrogens with zero attached hydrogens (tertiary/aromatic N) is 1. The number of unbranched alkanes of at least 4 members (excludes halogenated alkanes) is 4. The Bertz CT molecular complexity index is 501. The molecule has 2 aliphatic rings. The van der Waals surface area contributed by atoms with Gasteiger partial charge < -0.3 is 18.7 Å². The van der Waals surface area contributed by atoms with Crippen molar-refractivity contribution < 1.29 is 23.3 Å². The van der Waals surface area contributed by atoms with Crippen molar-refractivity contribution in [3.05, 3.63) is 0 Å². The molecule has 0 N–H and O–H groups in total. The second-order valence-electron chi connectivity index (χ2n) is 8.48. The van der Waals surface area contributed by atoms with Crippen molar-refractivity contribution >= 4 is 7.37 Å². The highest BCUT2D eigenvalue weighted by Gasteiger charge is 2.52. The van der Waals surface area contributed by atoms with Crippen molar-refractivity contribution in [1.29, 1.82) is 0 Å². The van der Waals surface area contributed by atoms with E-state index in [9.17, 15) is 4.57 Å². The van der Waals surface area contributed by atoms with Crippen LogP contribution < -0.4 is 0 Å². The molecule has 5 atom stereocenters. The van der Waals surface area contributed by atoms with E-state index < -0.39 is 13.2 Å². The summed E-state index contributed by atoms with van der Waals surface area (Å²) < 4.78 is 36.3. The summed E-state index contributed by atoms with van der Waals surface area (Å²) in [5.74, 6) is -0.613. The zero-order valence-electron chi connectivity index (χ0n) is 18.1. The van der Waals surface area contributed by atoms with Gasteiger partial charge in [0, 0.05) is 19.3 Å². The largest absolute Gasteiger partial charge is 0.364 e. The Morgan fingerprint density at radius 2 is 1.78 bits per heavy atom. The van der Waals surface area contributed by atoms with E-state index in [1.807, 2.05) is 20.8 Å². The van der Waals surface area contributed by atoms with Crippen molar-refractivity contribution in [2.24, 2.45) is 0 Å². The first kappa shape index (κ1) is 23.3. The molecule has 6 nitrogen and oxygen atoms in total. The molecular formula is C20H40NO5P. The lowest BCUT2D eigenvalue weighted by molar-refractivity contribution is -0.155. The highest BCUT2D eigenvalue weighted by Crippen LogP contribution is 2.44. The quantitative estimate of drug-likeness (QED) is 0.373. The van der Waals surface area contributed by atoms with Crippen LogP contribution >= 0.6 is 7.37 Å². The molecule has 0 amide bonds. The van der Waals surface area contributed by atoms with Gasteiger partial charge in [-0.1, -0.05) is 32.6 Å². The minimum atomic E-state index is -2.73. The van der Waals surface area contributed by atoms with Crippen molar-refractivity contribution in [3.8, 4) is 0 Å². The van der Waals surface area contributed by atoms with Crippen molar-refractivity contribution in [2.75, 3.05) is 32.7 Å². The van der Waals surface area contributed by atoms with Gasteiger partial charge in [0.25, 0.3) is 0 Å². The first-order valence-electron chi connectivity index (χ1n) is 10.6. The molecule has 0 aromatic rings. The molecule has 0 aromatic carbocycles. The Labute approximate surface area is 165 Å². The lowest BCUT2D eigenvalue weighted by atomic mass is 9.94. The monoisotopic (exact) mass is 405 g/mol. The summed E-state index contributed by atoms with van der Waals surface area (Å²) in [6.07, 6.45) is 6.11. The molecule has 7 heteroatoms. The third-order valence-corrected chi connectivity index (χ3v) is 6.89. The average molecular weight is 406 g/mol. The molecule has 2 heterocycles. The second-order valence-corrected chi connectivity index (χ2v) is 11.0. The second kappa shape index (κ2) is 10.2. The van der Waals surface area contributed by atoms with Crippen molar-refractivity contribution in [2.45, 2.75) is 96.9 Å². The van der Waals surface area contributed by atoms with Crippen LogP contribution in [0.15, 0.2) is 0 Å². The van der Waals surface area contributed by atoms with Gasteiger partial charge in [0.05, 0.1) is 12.7 Å². The van der Waals surface area contributed by atoms with Gasteiger partial charge in [0.15, 0.2) is 5.79 Å². The minimum Gasteiger partial charge on any atom is -0.364 e. The maximum absolute atomic E-state index is 12.5. The van der Waals surface area contributed by atoms with Gasteiger partial charge in [-0.25, -0.2) is 0 Å². The van der Waals surface area contributed by atoms with Gasteiger partial charge in [0.2, 0.25) is 7.37 Å². The molecule has 1 unspecified atom stereocenters. The Balaban J connectivity index is 1.99. The number of ether oxygens (including phenoxy) is 3. The molecular weight excluding hydrogens is 365 g/mol. The molecule has 2 aliphatic heterocycles. The molecule has 0 bridgehead atoms. The average Bonchev–Trinajstić information content (AvgIpc) is 2.91. The van der Waals surface area contributed by atoms with E-state index in [2.05, 4.69) is 18.7 Å². The fraction of sp³-hybridized carbons (Fsp3) is 1.00. The number of rotatable bonds is 11. The highest BCUT2D eigenvalue weighted by molar-refractivity contribution is 7.57. The van der Waals surface area contributed by atoms with Gasteiger partial charge in [-0.2, -0.15) is 0 Å². The minimum absolute atomic E-state index is 0.0299. The lowest BCUT2D eigenvalue weighted by Crippen LogP contribution is -2.59. The molecule has 0 saturated carbocycles. The predicted octanol–water partition coefficient (Wildman–Crippen LogP) is 4.47. The molecule has 0 spiro atoms.